The second-order valence-electron chi connectivity index (χ2n) is 5.25. The van der Waals surface area contributed by atoms with E-state index in [0.717, 1.165) is 17.7 Å². The van der Waals surface area contributed by atoms with Crippen LogP contribution >= 0.6 is 0 Å². The van der Waals surface area contributed by atoms with Crippen LogP contribution in [0.15, 0.2) is 24.3 Å². The SMILES string of the molecule is Cc1ccccc1N(CCC(=O)O)C(=O)C(C)CCCN. The van der Waals surface area contributed by atoms with Crippen molar-refractivity contribution in [2.75, 3.05) is 18.0 Å². The molecule has 0 fully saturated rings. The Morgan fingerprint density at radius 2 is 2.00 bits per heavy atom. The van der Waals surface area contributed by atoms with Gasteiger partial charge in [-0.3, -0.25) is 9.59 Å². The first-order chi connectivity index (χ1) is 9.97. The van der Waals surface area contributed by atoms with Crippen LogP contribution in [0.4, 0.5) is 5.69 Å². The maximum absolute atomic E-state index is 12.6. The summed E-state index contributed by atoms with van der Waals surface area (Å²) in [6.07, 6.45) is 1.43. The van der Waals surface area contributed by atoms with Gasteiger partial charge >= 0.3 is 5.97 Å². The first kappa shape index (κ1) is 17.2. The van der Waals surface area contributed by atoms with Gasteiger partial charge in [0.05, 0.1) is 6.42 Å². The number of carboxylic acid groups (broad SMARTS) is 1. The van der Waals surface area contributed by atoms with Gasteiger partial charge in [0, 0.05) is 18.2 Å². The van der Waals surface area contributed by atoms with Crippen LogP contribution in [0.5, 0.6) is 0 Å². The predicted molar refractivity (Wildman–Crippen MR) is 83.2 cm³/mol. The summed E-state index contributed by atoms with van der Waals surface area (Å²) in [5.41, 5.74) is 7.23. The minimum absolute atomic E-state index is 0.0426. The molecule has 21 heavy (non-hydrogen) atoms. The molecule has 0 saturated heterocycles. The van der Waals surface area contributed by atoms with Gasteiger partial charge in [0.15, 0.2) is 0 Å². The third kappa shape index (κ3) is 5.19. The topological polar surface area (TPSA) is 83.6 Å². The summed E-state index contributed by atoms with van der Waals surface area (Å²) in [7, 11) is 0. The average Bonchev–Trinajstić information content (AvgIpc) is 2.46. The van der Waals surface area contributed by atoms with Crippen LogP contribution in [-0.2, 0) is 9.59 Å². The molecule has 1 amide bonds. The van der Waals surface area contributed by atoms with Crippen molar-refractivity contribution in [3.63, 3.8) is 0 Å². The number of para-hydroxylation sites is 1. The minimum Gasteiger partial charge on any atom is -0.481 e. The van der Waals surface area contributed by atoms with Gasteiger partial charge in [0.1, 0.15) is 0 Å². The number of benzene rings is 1. The Kier molecular flexibility index (Phi) is 6.88. The van der Waals surface area contributed by atoms with Crippen molar-refractivity contribution in [3.05, 3.63) is 29.8 Å². The Labute approximate surface area is 125 Å². The second kappa shape index (κ2) is 8.42. The van der Waals surface area contributed by atoms with E-state index in [-0.39, 0.29) is 24.8 Å². The van der Waals surface area contributed by atoms with Gasteiger partial charge in [-0.25, -0.2) is 0 Å². The number of carboxylic acids is 1. The minimum atomic E-state index is -0.906. The van der Waals surface area contributed by atoms with Crippen molar-refractivity contribution in [2.24, 2.45) is 11.7 Å². The summed E-state index contributed by atoms with van der Waals surface area (Å²) < 4.78 is 0. The lowest BCUT2D eigenvalue weighted by atomic mass is 10.0. The largest absolute Gasteiger partial charge is 0.481 e. The van der Waals surface area contributed by atoms with Gasteiger partial charge in [0.25, 0.3) is 0 Å². The first-order valence-corrected chi connectivity index (χ1v) is 7.26. The number of aliphatic carboxylic acids is 1. The number of carbonyl (C=O) groups is 2. The average molecular weight is 292 g/mol. The molecule has 1 unspecified atom stereocenters. The molecule has 1 rings (SSSR count). The molecule has 0 aromatic heterocycles. The maximum atomic E-state index is 12.6. The van der Waals surface area contributed by atoms with Gasteiger partial charge in [-0.05, 0) is 37.9 Å². The lowest BCUT2D eigenvalue weighted by molar-refractivity contribution is -0.136. The van der Waals surface area contributed by atoms with E-state index in [1.807, 2.05) is 38.1 Å². The van der Waals surface area contributed by atoms with Crippen LogP contribution < -0.4 is 10.6 Å². The van der Waals surface area contributed by atoms with Crippen molar-refractivity contribution in [1.82, 2.24) is 0 Å². The lowest BCUT2D eigenvalue weighted by Gasteiger charge is -2.27. The molecule has 0 spiro atoms. The number of hydrogen-bond donors (Lipinski definition) is 2. The molecular weight excluding hydrogens is 268 g/mol. The number of nitrogens with two attached hydrogens (primary N) is 1. The summed E-state index contributed by atoms with van der Waals surface area (Å²) in [5, 5.41) is 8.89. The Hall–Kier alpha value is -1.88. The Morgan fingerprint density at radius 3 is 2.57 bits per heavy atom. The van der Waals surface area contributed by atoms with Crippen LogP contribution in [0.25, 0.3) is 0 Å². The van der Waals surface area contributed by atoms with Gasteiger partial charge in [-0.1, -0.05) is 25.1 Å². The summed E-state index contributed by atoms with van der Waals surface area (Å²) >= 11 is 0. The van der Waals surface area contributed by atoms with E-state index in [0.29, 0.717) is 13.0 Å². The quantitative estimate of drug-likeness (QED) is 0.769. The Balaban J connectivity index is 2.94. The van der Waals surface area contributed by atoms with Crippen LogP contribution in [0.3, 0.4) is 0 Å². The van der Waals surface area contributed by atoms with Crippen molar-refractivity contribution in [1.29, 1.82) is 0 Å². The smallest absolute Gasteiger partial charge is 0.305 e. The van der Waals surface area contributed by atoms with Crippen LogP contribution in [-0.4, -0.2) is 30.1 Å². The molecule has 0 heterocycles. The molecule has 0 radical (unpaired) electrons. The Morgan fingerprint density at radius 1 is 1.33 bits per heavy atom. The monoisotopic (exact) mass is 292 g/mol. The third-order valence-electron chi connectivity index (χ3n) is 3.48. The summed E-state index contributed by atoms with van der Waals surface area (Å²) in [6, 6.07) is 7.52. The van der Waals surface area contributed by atoms with Gasteiger partial charge < -0.3 is 15.7 Å². The maximum Gasteiger partial charge on any atom is 0.305 e. The number of carbonyl (C=O) groups excluding carboxylic acids is 1. The molecule has 1 aromatic rings. The zero-order valence-electron chi connectivity index (χ0n) is 12.7. The standard InChI is InChI=1S/C16H24N2O3/c1-12-6-3-4-8-14(12)18(11-9-15(19)20)16(21)13(2)7-5-10-17/h3-4,6,8,13H,5,7,9-11,17H2,1-2H3,(H,19,20). The van der Waals surface area contributed by atoms with Crippen LogP contribution in [0.1, 0.15) is 31.7 Å². The lowest BCUT2D eigenvalue weighted by Crippen LogP contribution is -2.37. The summed E-state index contributed by atoms with van der Waals surface area (Å²) in [4.78, 5) is 25.0. The molecular formula is C16H24N2O3. The summed E-state index contributed by atoms with van der Waals surface area (Å²) in [5.74, 6) is -1.11. The summed E-state index contributed by atoms with van der Waals surface area (Å²) in [6.45, 7) is 4.52. The fourth-order valence-corrected chi connectivity index (χ4v) is 2.24. The molecule has 0 aliphatic rings. The first-order valence-electron chi connectivity index (χ1n) is 7.26. The van der Waals surface area contributed by atoms with E-state index in [1.54, 1.807) is 4.90 Å². The number of hydrogen-bond acceptors (Lipinski definition) is 3. The molecule has 3 N–H and O–H groups in total. The molecule has 0 saturated carbocycles. The third-order valence-corrected chi connectivity index (χ3v) is 3.48. The van der Waals surface area contributed by atoms with Crippen molar-refractivity contribution in [2.45, 2.75) is 33.1 Å². The molecule has 1 atom stereocenters. The molecule has 0 bridgehead atoms. The number of aryl methyl sites for hydroxylation is 1. The van der Waals surface area contributed by atoms with Gasteiger partial charge in [-0.15, -0.1) is 0 Å². The predicted octanol–water partition coefficient (Wildman–Crippen LogP) is 2.18. The normalized spacial score (nSPS) is 12.0. The molecule has 5 nitrogen and oxygen atoms in total. The number of amides is 1. The highest BCUT2D eigenvalue weighted by Crippen LogP contribution is 2.23. The molecule has 5 heteroatoms. The van der Waals surface area contributed by atoms with Crippen LogP contribution in [0.2, 0.25) is 0 Å². The van der Waals surface area contributed by atoms with E-state index >= 15 is 0 Å². The highest BCUT2D eigenvalue weighted by atomic mass is 16.4. The fourth-order valence-electron chi connectivity index (χ4n) is 2.24. The fraction of sp³-hybridized carbons (Fsp3) is 0.500. The highest BCUT2D eigenvalue weighted by molar-refractivity contribution is 5.95. The molecule has 116 valence electrons. The number of rotatable bonds is 8. The highest BCUT2D eigenvalue weighted by Gasteiger charge is 2.23. The Bertz CT molecular complexity index is 488. The van der Waals surface area contributed by atoms with Gasteiger partial charge in [0.2, 0.25) is 5.91 Å². The second-order valence-corrected chi connectivity index (χ2v) is 5.25. The van der Waals surface area contributed by atoms with E-state index in [1.165, 1.54) is 0 Å². The molecule has 1 aromatic carbocycles. The number of anilines is 1. The van der Waals surface area contributed by atoms with E-state index in [4.69, 9.17) is 10.8 Å². The molecule has 0 aliphatic heterocycles. The van der Waals surface area contributed by atoms with E-state index in [2.05, 4.69) is 0 Å². The van der Waals surface area contributed by atoms with E-state index < -0.39 is 5.97 Å². The van der Waals surface area contributed by atoms with Crippen LogP contribution in [0, 0.1) is 12.8 Å². The zero-order valence-corrected chi connectivity index (χ0v) is 12.7. The van der Waals surface area contributed by atoms with Crippen molar-refractivity contribution in [3.8, 4) is 0 Å². The van der Waals surface area contributed by atoms with Crippen molar-refractivity contribution >= 4 is 17.6 Å². The van der Waals surface area contributed by atoms with Crippen molar-refractivity contribution < 1.29 is 14.7 Å². The zero-order chi connectivity index (χ0) is 15.8. The van der Waals surface area contributed by atoms with Gasteiger partial charge in [-0.2, -0.15) is 0 Å². The molecule has 0 aliphatic carbocycles. The number of nitrogens with zero attached hydrogens (tertiary/aromatic N) is 1. The van der Waals surface area contributed by atoms with E-state index in [9.17, 15) is 9.59 Å².